The number of hydrogen-bond donors (Lipinski definition) is 1. The monoisotopic (exact) mass is 355 g/mol. The third-order valence-corrected chi connectivity index (χ3v) is 4.71. The second-order valence-electron chi connectivity index (χ2n) is 7.08. The van der Waals surface area contributed by atoms with Crippen LogP contribution in [0.15, 0.2) is 30.5 Å². The lowest BCUT2D eigenvalue weighted by Gasteiger charge is -2.37. The van der Waals surface area contributed by atoms with Crippen molar-refractivity contribution in [2.75, 3.05) is 26.2 Å². The van der Waals surface area contributed by atoms with Crippen molar-refractivity contribution in [3.63, 3.8) is 0 Å². The molecule has 26 heavy (non-hydrogen) atoms. The van der Waals surface area contributed by atoms with E-state index >= 15 is 0 Å². The van der Waals surface area contributed by atoms with Gasteiger partial charge in [0.15, 0.2) is 0 Å². The lowest BCUT2D eigenvalue weighted by Crippen LogP contribution is -2.47. The first kappa shape index (κ1) is 18.4. The lowest BCUT2D eigenvalue weighted by molar-refractivity contribution is -0.0413. The van der Waals surface area contributed by atoms with Crippen LogP contribution >= 0.6 is 0 Å². The zero-order valence-electron chi connectivity index (χ0n) is 15.3. The first-order valence-electron chi connectivity index (χ1n) is 9.00. The highest BCUT2D eigenvalue weighted by Crippen LogP contribution is 2.30. The van der Waals surface area contributed by atoms with Crippen molar-refractivity contribution in [2.24, 2.45) is 0 Å². The molecular weight excluding hydrogens is 330 g/mol. The quantitative estimate of drug-likeness (QED) is 0.854. The maximum absolute atomic E-state index is 11.1. The van der Waals surface area contributed by atoms with E-state index < -0.39 is 5.60 Å². The summed E-state index contributed by atoms with van der Waals surface area (Å²) in [6.07, 6.45) is 3.43. The van der Waals surface area contributed by atoms with Crippen molar-refractivity contribution >= 4 is 0 Å². The van der Waals surface area contributed by atoms with Gasteiger partial charge in [0.25, 0.3) is 0 Å². The van der Waals surface area contributed by atoms with Gasteiger partial charge >= 0.3 is 0 Å². The van der Waals surface area contributed by atoms with Crippen LogP contribution in [-0.4, -0.2) is 51.2 Å². The molecule has 7 heteroatoms. The molecule has 1 atom stereocenters. The van der Waals surface area contributed by atoms with Crippen LogP contribution in [0.25, 0.3) is 0 Å². The summed E-state index contributed by atoms with van der Waals surface area (Å²) in [5, 5.41) is 28.3. The Balaban J connectivity index is 1.56. The van der Waals surface area contributed by atoms with Crippen LogP contribution in [0.3, 0.4) is 0 Å². The van der Waals surface area contributed by atoms with Crippen molar-refractivity contribution in [1.82, 2.24) is 19.9 Å². The van der Waals surface area contributed by atoms with Gasteiger partial charge in [-0.2, -0.15) is 5.26 Å². The number of likely N-dealkylation sites (tertiary alicyclic amines) is 1. The zero-order valence-corrected chi connectivity index (χ0v) is 15.3. The number of aromatic nitrogens is 3. The van der Waals surface area contributed by atoms with Crippen LogP contribution < -0.4 is 4.74 Å². The van der Waals surface area contributed by atoms with Crippen LogP contribution in [-0.2, 0) is 5.60 Å². The summed E-state index contributed by atoms with van der Waals surface area (Å²) >= 11 is 0. The SMILES string of the molecule is CC(C)n1cc([C@@]2(O)CCCN(CCOc3cccc(C#N)c3)C2)nn1. The van der Waals surface area contributed by atoms with Gasteiger partial charge in [-0.1, -0.05) is 11.3 Å². The summed E-state index contributed by atoms with van der Waals surface area (Å²) in [6, 6.07) is 9.47. The number of nitrogens with zero attached hydrogens (tertiary/aromatic N) is 5. The third kappa shape index (κ3) is 4.21. The van der Waals surface area contributed by atoms with Crippen molar-refractivity contribution in [1.29, 1.82) is 5.26 Å². The second kappa shape index (κ2) is 7.85. The fraction of sp³-hybridized carbons (Fsp3) is 0.526. The Hall–Kier alpha value is -2.43. The van der Waals surface area contributed by atoms with Crippen molar-refractivity contribution < 1.29 is 9.84 Å². The Bertz CT molecular complexity index is 782. The van der Waals surface area contributed by atoms with Crippen molar-refractivity contribution in [3.05, 3.63) is 41.7 Å². The smallest absolute Gasteiger partial charge is 0.123 e. The topological polar surface area (TPSA) is 87.2 Å². The number of nitriles is 1. The maximum Gasteiger partial charge on any atom is 0.123 e. The van der Waals surface area contributed by atoms with Crippen molar-refractivity contribution in [3.8, 4) is 11.8 Å². The van der Waals surface area contributed by atoms with Crippen LogP contribution in [0.5, 0.6) is 5.75 Å². The molecule has 1 aromatic carbocycles. The van der Waals surface area contributed by atoms with Crippen molar-refractivity contribution in [2.45, 2.75) is 38.3 Å². The molecule has 0 spiro atoms. The molecule has 0 bridgehead atoms. The summed E-state index contributed by atoms with van der Waals surface area (Å²) in [6.45, 7) is 6.72. The predicted octanol–water partition coefficient (Wildman–Crippen LogP) is 2.09. The molecule has 1 aliphatic rings. The van der Waals surface area contributed by atoms with Crippen LogP contribution in [0.4, 0.5) is 0 Å². The van der Waals surface area contributed by atoms with Crippen LogP contribution in [0, 0.1) is 11.3 Å². The van der Waals surface area contributed by atoms with E-state index in [9.17, 15) is 5.11 Å². The fourth-order valence-electron chi connectivity index (χ4n) is 3.21. The van der Waals surface area contributed by atoms with E-state index in [-0.39, 0.29) is 6.04 Å². The molecule has 0 radical (unpaired) electrons. The average molecular weight is 355 g/mol. The molecule has 0 aliphatic carbocycles. The van der Waals surface area contributed by atoms with Gasteiger partial charge in [0.1, 0.15) is 23.7 Å². The average Bonchev–Trinajstić information content (AvgIpc) is 3.13. The molecule has 0 amide bonds. The van der Waals surface area contributed by atoms with E-state index in [1.54, 1.807) is 16.8 Å². The zero-order chi connectivity index (χ0) is 18.6. The molecule has 7 nitrogen and oxygen atoms in total. The maximum atomic E-state index is 11.1. The number of aliphatic hydroxyl groups is 1. The molecule has 3 rings (SSSR count). The highest BCUT2D eigenvalue weighted by atomic mass is 16.5. The molecule has 138 valence electrons. The number of benzene rings is 1. The highest BCUT2D eigenvalue weighted by molar-refractivity contribution is 5.36. The van der Waals surface area contributed by atoms with E-state index in [0.29, 0.717) is 43.1 Å². The summed E-state index contributed by atoms with van der Waals surface area (Å²) < 4.78 is 7.53. The standard InChI is InChI=1S/C19H25N5O2/c1-15(2)24-13-18(21-22-24)19(25)7-4-8-23(14-19)9-10-26-17-6-3-5-16(11-17)12-20/h3,5-6,11,13,15,25H,4,7-10,14H2,1-2H3/t19-/m1/s1. The third-order valence-electron chi connectivity index (χ3n) is 4.71. The molecule has 1 saturated heterocycles. The minimum Gasteiger partial charge on any atom is -0.492 e. The lowest BCUT2D eigenvalue weighted by atomic mass is 9.90. The van der Waals surface area contributed by atoms with Gasteiger partial charge < -0.3 is 9.84 Å². The Morgan fingerprint density at radius 2 is 2.27 bits per heavy atom. The molecule has 1 aromatic heterocycles. The van der Waals surface area contributed by atoms with Gasteiger partial charge in [-0.05, 0) is 51.4 Å². The summed E-state index contributed by atoms with van der Waals surface area (Å²) in [5.41, 5.74) is 0.258. The molecular formula is C19H25N5O2. The van der Waals surface area contributed by atoms with Gasteiger partial charge in [-0.25, -0.2) is 4.68 Å². The van der Waals surface area contributed by atoms with Gasteiger partial charge in [0.05, 0.1) is 17.8 Å². The van der Waals surface area contributed by atoms with E-state index in [1.165, 1.54) is 0 Å². The first-order valence-corrected chi connectivity index (χ1v) is 9.00. The molecule has 2 aromatic rings. The summed E-state index contributed by atoms with van der Waals surface area (Å²) in [7, 11) is 0. The predicted molar refractivity (Wildman–Crippen MR) is 96.6 cm³/mol. The summed E-state index contributed by atoms with van der Waals surface area (Å²) in [5.74, 6) is 0.691. The summed E-state index contributed by atoms with van der Waals surface area (Å²) in [4.78, 5) is 2.19. The van der Waals surface area contributed by atoms with Gasteiger partial charge in [-0.15, -0.1) is 5.10 Å². The minimum atomic E-state index is -0.966. The molecule has 1 fully saturated rings. The molecule has 0 unspecified atom stereocenters. The fourth-order valence-corrected chi connectivity index (χ4v) is 3.21. The largest absolute Gasteiger partial charge is 0.492 e. The molecule has 1 aliphatic heterocycles. The van der Waals surface area contributed by atoms with E-state index in [2.05, 4.69) is 21.3 Å². The number of β-amino-alcohol motifs (C(OH)–C–C–N with tert-alkyl or cyclic N) is 1. The Labute approximate surface area is 153 Å². The van der Waals surface area contributed by atoms with Gasteiger partial charge in [0, 0.05) is 19.1 Å². The Kier molecular flexibility index (Phi) is 5.55. The minimum absolute atomic E-state index is 0.220. The van der Waals surface area contributed by atoms with E-state index in [1.807, 2.05) is 32.2 Å². The van der Waals surface area contributed by atoms with E-state index in [0.717, 1.165) is 13.0 Å². The highest BCUT2D eigenvalue weighted by Gasteiger charge is 2.37. The van der Waals surface area contributed by atoms with Crippen LogP contribution in [0.2, 0.25) is 0 Å². The molecule has 0 saturated carbocycles. The molecule has 2 heterocycles. The number of piperidine rings is 1. The first-order chi connectivity index (χ1) is 12.5. The molecule has 1 N–H and O–H groups in total. The van der Waals surface area contributed by atoms with E-state index in [4.69, 9.17) is 10.00 Å². The number of rotatable bonds is 6. The normalized spacial score (nSPS) is 20.9. The number of ether oxygens (including phenoxy) is 1. The Morgan fingerprint density at radius 1 is 1.42 bits per heavy atom. The Morgan fingerprint density at radius 3 is 3.00 bits per heavy atom. The van der Waals surface area contributed by atoms with Crippen LogP contribution in [0.1, 0.15) is 44.0 Å². The second-order valence-corrected chi connectivity index (χ2v) is 7.08. The van der Waals surface area contributed by atoms with Gasteiger partial charge in [-0.3, -0.25) is 4.90 Å². The van der Waals surface area contributed by atoms with Gasteiger partial charge in [0.2, 0.25) is 0 Å². The number of hydrogen-bond acceptors (Lipinski definition) is 6.